The highest BCUT2D eigenvalue weighted by atomic mass is 16.7. The van der Waals surface area contributed by atoms with Gasteiger partial charge in [-0.05, 0) is 43.3 Å². The van der Waals surface area contributed by atoms with E-state index in [0.29, 0.717) is 11.0 Å². The zero-order chi connectivity index (χ0) is 19.1. The molecule has 0 saturated carbocycles. The number of hydrogen-bond acceptors (Lipinski definition) is 6. The molecule has 27 heavy (non-hydrogen) atoms. The summed E-state index contributed by atoms with van der Waals surface area (Å²) in [5, 5.41) is 9.47. The van der Waals surface area contributed by atoms with Gasteiger partial charge in [-0.3, -0.25) is 14.4 Å². The number of hydrogen-bond donors (Lipinski definition) is 0. The van der Waals surface area contributed by atoms with Crippen LogP contribution in [0.3, 0.4) is 0 Å². The van der Waals surface area contributed by atoms with E-state index in [1.807, 2.05) is 0 Å². The Labute approximate surface area is 153 Å². The fourth-order valence-electron chi connectivity index (χ4n) is 2.93. The van der Waals surface area contributed by atoms with Crippen LogP contribution in [-0.2, 0) is 0 Å². The van der Waals surface area contributed by atoms with Crippen molar-refractivity contribution in [3.05, 3.63) is 59.7 Å². The molecule has 0 fully saturated rings. The maximum atomic E-state index is 12.8. The quantitative estimate of drug-likeness (QED) is 0.519. The smallest absolute Gasteiger partial charge is 0.296 e. The predicted octanol–water partition coefficient (Wildman–Crippen LogP) is 1.90. The van der Waals surface area contributed by atoms with Crippen molar-refractivity contribution in [2.75, 3.05) is 0 Å². The fraction of sp³-hybridized carbons (Fsp3) is 0.167. The van der Waals surface area contributed by atoms with Gasteiger partial charge in [0.25, 0.3) is 11.8 Å². The molecule has 1 aliphatic rings. The summed E-state index contributed by atoms with van der Waals surface area (Å²) >= 11 is 0. The normalized spacial score (nSPS) is 13.4. The number of carbonyl (C=O) groups excluding carboxylic acids is 3. The maximum absolute atomic E-state index is 12.8. The van der Waals surface area contributed by atoms with Gasteiger partial charge in [0.2, 0.25) is 0 Å². The Morgan fingerprint density at radius 3 is 2.22 bits per heavy atom. The van der Waals surface area contributed by atoms with E-state index >= 15 is 0 Å². The Morgan fingerprint density at radius 1 is 1.00 bits per heavy atom. The third kappa shape index (κ3) is 2.60. The number of imide groups is 1. The lowest BCUT2D eigenvalue weighted by Crippen LogP contribution is -2.55. The van der Waals surface area contributed by atoms with Gasteiger partial charge in [0.15, 0.2) is 0 Å². The third-order valence-corrected chi connectivity index (χ3v) is 4.15. The topological polar surface area (TPSA) is 97.6 Å². The summed E-state index contributed by atoms with van der Waals surface area (Å²) < 4.78 is 0. The molecule has 0 saturated heterocycles. The second kappa shape index (κ2) is 6.20. The van der Waals surface area contributed by atoms with Crippen molar-refractivity contribution in [1.82, 2.24) is 25.2 Å². The monoisotopic (exact) mass is 365 g/mol. The molecule has 3 amide bonds. The van der Waals surface area contributed by atoms with Crippen molar-refractivity contribution in [3.63, 3.8) is 0 Å². The van der Waals surface area contributed by atoms with E-state index in [1.165, 1.54) is 0 Å². The number of hydrazine groups is 1. The molecule has 1 aliphatic heterocycles. The first-order valence-corrected chi connectivity index (χ1v) is 8.28. The van der Waals surface area contributed by atoms with E-state index in [2.05, 4.69) is 10.3 Å². The van der Waals surface area contributed by atoms with Crippen LogP contribution in [-0.4, -0.2) is 49.1 Å². The van der Waals surface area contributed by atoms with Gasteiger partial charge in [-0.1, -0.05) is 29.1 Å². The van der Waals surface area contributed by atoms with E-state index in [9.17, 15) is 14.4 Å². The molecule has 0 unspecified atom stereocenters. The van der Waals surface area contributed by atoms with Crippen molar-refractivity contribution >= 4 is 28.9 Å². The van der Waals surface area contributed by atoms with E-state index in [4.69, 9.17) is 4.84 Å². The number of nitrogens with zero attached hydrogens (tertiary/aromatic N) is 5. The van der Waals surface area contributed by atoms with Crippen LogP contribution in [0.25, 0.3) is 11.0 Å². The lowest BCUT2D eigenvalue weighted by molar-refractivity contribution is -0.0193. The van der Waals surface area contributed by atoms with Gasteiger partial charge in [0.1, 0.15) is 11.0 Å². The Kier molecular flexibility index (Phi) is 3.84. The standard InChI is InChI=1S/C18H15N5O4/c1-11(2)21(22-16(24)12-7-3-4-8-13(12)17(22)25)18(26)27-23-15-10-6-5-9-14(15)19-20-23/h3-11H,1-2H3. The molecule has 9 nitrogen and oxygen atoms in total. The third-order valence-electron chi connectivity index (χ3n) is 4.15. The van der Waals surface area contributed by atoms with Crippen LogP contribution in [0.1, 0.15) is 34.6 Å². The predicted molar refractivity (Wildman–Crippen MR) is 93.4 cm³/mol. The largest absolute Gasteiger partial charge is 0.455 e. The molecule has 0 radical (unpaired) electrons. The van der Waals surface area contributed by atoms with Crippen molar-refractivity contribution in [1.29, 1.82) is 0 Å². The minimum Gasteiger partial charge on any atom is -0.296 e. The molecule has 9 heteroatoms. The summed E-state index contributed by atoms with van der Waals surface area (Å²) in [6.45, 7) is 3.34. The number of rotatable bonds is 3. The van der Waals surface area contributed by atoms with Crippen LogP contribution in [0.15, 0.2) is 48.5 Å². The molecule has 0 atom stereocenters. The van der Waals surface area contributed by atoms with Gasteiger partial charge in [-0.15, -0.1) is 5.10 Å². The second-order valence-corrected chi connectivity index (χ2v) is 6.21. The Hall–Kier alpha value is -3.75. The Balaban J connectivity index is 1.66. The van der Waals surface area contributed by atoms with Gasteiger partial charge in [-0.25, -0.2) is 9.80 Å². The minimum atomic E-state index is -0.921. The molecule has 136 valence electrons. The first-order chi connectivity index (χ1) is 13.0. The molecule has 2 heterocycles. The molecule has 3 aromatic rings. The molecule has 2 aromatic carbocycles. The van der Waals surface area contributed by atoms with E-state index in [1.54, 1.807) is 62.4 Å². The van der Waals surface area contributed by atoms with E-state index < -0.39 is 23.9 Å². The van der Waals surface area contributed by atoms with Gasteiger partial charge in [-0.2, -0.15) is 5.01 Å². The SMILES string of the molecule is CC(C)N(C(=O)On1nnc2ccccc21)N1C(=O)c2ccccc2C1=O. The molecular weight excluding hydrogens is 350 g/mol. The van der Waals surface area contributed by atoms with Crippen molar-refractivity contribution in [2.45, 2.75) is 19.9 Å². The second-order valence-electron chi connectivity index (χ2n) is 6.21. The lowest BCUT2D eigenvalue weighted by atomic mass is 10.1. The molecule has 0 spiro atoms. The summed E-state index contributed by atoms with van der Waals surface area (Å²) in [6.07, 6.45) is -0.921. The van der Waals surface area contributed by atoms with Crippen LogP contribution < -0.4 is 4.84 Å². The molecular formula is C18H15N5O4. The number of para-hydroxylation sites is 1. The van der Waals surface area contributed by atoms with Crippen LogP contribution in [0, 0.1) is 0 Å². The zero-order valence-corrected chi connectivity index (χ0v) is 14.6. The van der Waals surface area contributed by atoms with Crippen molar-refractivity contribution in [2.24, 2.45) is 0 Å². The maximum Gasteiger partial charge on any atom is 0.455 e. The molecule has 1 aromatic heterocycles. The average molecular weight is 365 g/mol. The number of carbonyl (C=O) groups is 3. The number of benzene rings is 2. The highest BCUT2D eigenvalue weighted by molar-refractivity contribution is 6.21. The first-order valence-electron chi connectivity index (χ1n) is 8.28. The molecule has 0 bridgehead atoms. The van der Waals surface area contributed by atoms with Crippen LogP contribution in [0.4, 0.5) is 4.79 Å². The summed E-state index contributed by atoms with van der Waals surface area (Å²) in [4.78, 5) is 44.4. The number of fused-ring (bicyclic) bond motifs is 2. The fourth-order valence-corrected chi connectivity index (χ4v) is 2.93. The summed E-state index contributed by atoms with van der Waals surface area (Å²) in [6, 6.07) is 12.8. The van der Waals surface area contributed by atoms with Crippen LogP contribution in [0.2, 0.25) is 0 Å². The summed E-state index contributed by atoms with van der Waals surface area (Å²) in [5.41, 5.74) is 1.51. The van der Waals surface area contributed by atoms with E-state index in [0.717, 1.165) is 14.9 Å². The van der Waals surface area contributed by atoms with Crippen LogP contribution >= 0.6 is 0 Å². The molecule has 0 aliphatic carbocycles. The number of aromatic nitrogens is 3. The van der Waals surface area contributed by atoms with Crippen molar-refractivity contribution < 1.29 is 19.2 Å². The lowest BCUT2D eigenvalue weighted by Gasteiger charge is -2.31. The van der Waals surface area contributed by atoms with Crippen LogP contribution in [0.5, 0.6) is 0 Å². The highest BCUT2D eigenvalue weighted by Crippen LogP contribution is 2.25. The average Bonchev–Trinajstić information content (AvgIpc) is 3.17. The molecule has 4 rings (SSSR count). The van der Waals surface area contributed by atoms with Gasteiger partial charge in [0.05, 0.1) is 17.2 Å². The van der Waals surface area contributed by atoms with Gasteiger partial charge < -0.3 is 0 Å². The van der Waals surface area contributed by atoms with Gasteiger partial charge in [0, 0.05) is 0 Å². The van der Waals surface area contributed by atoms with Crippen molar-refractivity contribution in [3.8, 4) is 0 Å². The van der Waals surface area contributed by atoms with E-state index in [-0.39, 0.29) is 11.1 Å². The Morgan fingerprint density at radius 2 is 1.59 bits per heavy atom. The van der Waals surface area contributed by atoms with Gasteiger partial charge >= 0.3 is 6.09 Å². The number of amides is 3. The first kappa shape index (κ1) is 16.7. The summed E-state index contributed by atoms with van der Waals surface area (Å²) in [7, 11) is 0. The molecule has 0 N–H and O–H groups in total. The zero-order valence-electron chi connectivity index (χ0n) is 14.6. The Bertz CT molecular complexity index is 1040. The summed E-state index contributed by atoms with van der Waals surface area (Å²) in [5.74, 6) is -1.16. The minimum absolute atomic E-state index is 0.243. The highest BCUT2D eigenvalue weighted by Gasteiger charge is 2.43.